The first-order valence-electron chi connectivity index (χ1n) is 48.9. The van der Waals surface area contributed by atoms with Gasteiger partial charge in [0.15, 0.2) is 11.6 Å². The highest BCUT2D eigenvalue weighted by Gasteiger charge is 2.45. The van der Waals surface area contributed by atoms with Crippen molar-refractivity contribution < 1.29 is 153 Å². The minimum atomic E-state index is -5.83. The molecule has 46 nitrogen and oxygen atoms in total. The molecule has 3 aromatic heterocycles. The number of aryl methyl sites for hydroxylation is 3. The number of carbonyl (C=O) groups excluding carboxylic acids is 10. The van der Waals surface area contributed by atoms with Crippen LogP contribution in [0.15, 0.2) is 91.4 Å². The molecule has 8 aromatic rings. The molecule has 0 spiro atoms. The first kappa shape index (κ1) is 113. The van der Waals surface area contributed by atoms with E-state index in [-0.39, 0.29) is 188 Å². The van der Waals surface area contributed by atoms with E-state index in [1.807, 2.05) is 38.1 Å². The number of aliphatic carboxylic acids is 2. The van der Waals surface area contributed by atoms with Crippen molar-refractivity contribution in [2.24, 2.45) is 0 Å². The number of nitrogens with two attached hydrogens (primary N) is 1. The van der Waals surface area contributed by atoms with E-state index < -0.39 is 131 Å². The second-order valence-electron chi connectivity index (χ2n) is 37.1. The number of amides is 5. The maximum absolute atomic E-state index is 14.4. The number of ketones is 3. The van der Waals surface area contributed by atoms with Gasteiger partial charge in [0, 0.05) is 157 Å². The van der Waals surface area contributed by atoms with Gasteiger partial charge in [-0.15, -0.1) is 5.10 Å². The van der Waals surface area contributed by atoms with Gasteiger partial charge in [-0.1, -0.05) is 87.2 Å². The van der Waals surface area contributed by atoms with Crippen LogP contribution >= 0.6 is 45.1 Å². The van der Waals surface area contributed by atoms with Crippen LogP contribution in [0, 0.1) is 11.8 Å². The fourth-order valence-corrected chi connectivity index (χ4v) is 24.9. The molecule has 1 saturated heterocycles. The Hall–Kier alpha value is -12.4. The van der Waals surface area contributed by atoms with E-state index in [9.17, 15) is 96.6 Å². The third-order valence-electron chi connectivity index (χ3n) is 26.1. The number of aromatic nitrogens is 6. The number of carbonyl (C=O) groups is 11. The summed E-state index contributed by atoms with van der Waals surface area (Å²) in [5.74, 6) is -0.911. The van der Waals surface area contributed by atoms with Gasteiger partial charge < -0.3 is 105 Å². The lowest BCUT2D eigenvalue weighted by molar-refractivity contribution is -0.192. The Balaban J connectivity index is 0.00000583. The zero-order valence-electron chi connectivity index (χ0n) is 82.1. The molecule has 7 unspecified atom stereocenters. The number of hydrogen-bond acceptors (Lipinski definition) is 33. The number of nitrogen functional groups attached to an aromatic ring is 1. The summed E-state index contributed by atoms with van der Waals surface area (Å²) < 4.78 is 82.4. The number of aliphatic hydroxyl groups excluding tert-OH is 1. The average Bonchev–Trinajstić information content (AvgIpc) is 0.883. The third-order valence-corrected chi connectivity index (χ3v) is 33.2. The van der Waals surface area contributed by atoms with Gasteiger partial charge in [-0.25, -0.2) is 37.7 Å². The molecule has 14 N–H and O–H groups in total. The summed E-state index contributed by atoms with van der Waals surface area (Å²) in [6, 6.07) is 21.0. The van der Waals surface area contributed by atoms with Crippen molar-refractivity contribution in [2.75, 3.05) is 107 Å². The molecule has 150 heavy (non-hydrogen) atoms. The van der Waals surface area contributed by atoms with Crippen molar-refractivity contribution in [3.05, 3.63) is 158 Å². The summed E-state index contributed by atoms with van der Waals surface area (Å²) in [6.45, 7) is 7.78. The number of ether oxygens (including phenoxy) is 5. The number of nitrogens with one attached hydrogen (secondary N) is 4. The number of aromatic carboxylic acids is 1. The summed E-state index contributed by atoms with van der Waals surface area (Å²) in [4.78, 5) is 212. The van der Waals surface area contributed by atoms with Crippen molar-refractivity contribution in [1.82, 2.24) is 55.4 Å². The molecular weight excluding hydrogens is 2050 g/mol. The van der Waals surface area contributed by atoms with Crippen LogP contribution in [-0.4, -0.2) is 261 Å². The molecular formula is C99H116N14O32P3S2+. The molecule has 7 aliphatic heterocycles. The first-order chi connectivity index (χ1) is 71.8. The number of Topliss-reactive ketones (excluding diaryl/α,β-unsaturated/α-hetero) is 3. The van der Waals surface area contributed by atoms with Crippen LogP contribution in [0.5, 0.6) is 11.5 Å². The largest absolute Gasteiger partial charge is 0.490 e. The van der Waals surface area contributed by atoms with E-state index >= 15 is 0 Å². The highest BCUT2D eigenvalue weighted by atomic mass is 33.1. The normalized spacial score (nSPS) is 16.9. The van der Waals surface area contributed by atoms with Crippen LogP contribution in [-0.2, 0) is 137 Å². The standard InChI is InChI=1S/C98H115N14O30P3S2.CO2/c1-98(2,147-146-48-33-79(117)100-35-10-16-62-55-111(94-85(62)93(99)102-57-103-94)82-53-77(116)78(139-82)56-138-144(131,132)142-145(133,134)141-143(128,129)130)34-31-71(96(125)105-72(52-84(122)123)74(113)24-9-26-83(120)121)104-80(118)25-7-8-41-112-90-63-19-4-3-15-61(63)54-110(73-23-6-5-20-65(73)87(90)106-107-112)81(119)30-29-75(114)76(115)32-42-135-44-46-137-47-45-136-43-36-101-95(124)60-27-28-64(68(51-60)97(126)127)86-69-49-58-17-11-37-108-39-13-21-66(88(58)108)91(69)140-92-67-22-14-40-109-38-12-18-59(89(67)109)50-70(86)92;2-1-3/h3-6,15,19-20,23,27-28,49-51,55,57,71-72,77-78,82,116H,7-9,11-14,17-18,21-22,24-26,29-48,52-54,56H2,1-2H3,(H12-,99,100,101,102,103,104,105,117,118,120,121,122,123,124,125,126,127,128,129,130,131,132,133,134);/p+1. The second-order valence-corrected chi connectivity index (χ2v) is 44.6. The SMILES string of the molecule is CC(C)(CCC(NC(=O)CCCCn1nnc2c1-c1ccccc1CN(C(=O)CCC(=O)C(=O)CCOCCOCCOCCNC(=O)c1ccc(C3=c4cc5c6c(c4Oc4c3cc3c7c4CCCN7CCC3)CCC[N+]=6CCC5)c(C(=O)O)c1)c1ccccc1-2)C(=O)NC(CC(=O)O)C(=O)CCCC(=O)O)SSCCC(=O)NCC#Cc1cn(C2CC(O)C(COP(=O)(O)OP(=O)(O)OP(=O)(O)O)O2)c2ncnc(N)c12.O=C=O. The van der Waals surface area contributed by atoms with Crippen molar-refractivity contribution in [1.29, 1.82) is 0 Å². The van der Waals surface area contributed by atoms with E-state index in [1.165, 1.54) is 71.7 Å². The Kier molecular flexibility index (Phi) is 38.9. The number of fused-ring (bicyclic) bond motifs is 10. The van der Waals surface area contributed by atoms with Crippen molar-refractivity contribution in [3.8, 4) is 45.9 Å². The predicted molar refractivity (Wildman–Crippen MR) is 540 cm³/mol. The van der Waals surface area contributed by atoms with Gasteiger partial charge in [-0.2, -0.15) is 18.2 Å². The van der Waals surface area contributed by atoms with Gasteiger partial charge in [0.25, 0.3) is 5.91 Å². The third kappa shape index (κ3) is 29.3. The van der Waals surface area contributed by atoms with Crippen LogP contribution in [0.1, 0.15) is 201 Å². The number of anilines is 3. The Morgan fingerprint density at radius 3 is 2.14 bits per heavy atom. The van der Waals surface area contributed by atoms with E-state index in [4.69, 9.17) is 48.8 Å². The van der Waals surface area contributed by atoms with Crippen molar-refractivity contribution in [3.63, 3.8) is 0 Å². The summed E-state index contributed by atoms with van der Waals surface area (Å²) in [5, 5.41) is 63.3. The molecule has 0 radical (unpaired) electrons. The molecule has 5 aromatic carbocycles. The van der Waals surface area contributed by atoms with Crippen LogP contribution in [0.2, 0.25) is 0 Å². The number of para-hydroxylation sites is 1. The lowest BCUT2D eigenvalue weighted by Crippen LogP contribution is -2.52. The van der Waals surface area contributed by atoms with E-state index in [2.05, 4.69) is 88.1 Å². The number of nitrogens with zero attached hydrogens (tertiary/aromatic N) is 9. The first-order valence-corrected chi connectivity index (χ1v) is 55.8. The van der Waals surface area contributed by atoms with Gasteiger partial charge in [0.2, 0.25) is 34.8 Å². The molecule has 7 atom stereocenters. The van der Waals surface area contributed by atoms with Crippen LogP contribution in [0.4, 0.5) is 17.2 Å². The van der Waals surface area contributed by atoms with Crippen molar-refractivity contribution in [2.45, 2.75) is 203 Å². The number of phosphoric ester groups is 1. The molecule has 10 heterocycles. The molecule has 51 heteroatoms. The smallest absolute Gasteiger partial charge is 0.481 e. The van der Waals surface area contributed by atoms with E-state index in [1.54, 1.807) is 46.0 Å². The van der Waals surface area contributed by atoms with Crippen LogP contribution in [0.25, 0.3) is 39.1 Å². The number of rotatable bonds is 51. The Labute approximate surface area is 866 Å². The molecule has 800 valence electrons. The number of carboxylic acid groups (broad SMARTS) is 3. The second kappa shape index (κ2) is 51.6. The van der Waals surface area contributed by atoms with Gasteiger partial charge >= 0.3 is 47.5 Å². The minimum absolute atomic E-state index is 0.000258. The molecule has 7 aliphatic rings. The molecule has 15 rings (SSSR count). The van der Waals surface area contributed by atoms with E-state index in [0.29, 0.717) is 51.5 Å². The quantitative estimate of drug-likeness (QED) is 0.00453. The molecule has 1 fully saturated rings. The summed E-state index contributed by atoms with van der Waals surface area (Å²) in [6.07, 6.45) is 4.73. The maximum atomic E-state index is 14.4. The van der Waals surface area contributed by atoms with Crippen LogP contribution < -0.4 is 56.7 Å². The zero-order valence-corrected chi connectivity index (χ0v) is 86.4. The average molecular weight is 2170 g/mol. The van der Waals surface area contributed by atoms with Crippen LogP contribution in [0.3, 0.4) is 0 Å². The number of aliphatic hydroxyl groups is 1. The minimum Gasteiger partial charge on any atom is -0.481 e. The molecule has 0 bridgehead atoms. The number of carboxylic acids is 3. The van der Waals surface area contributed by atoms with E-state index in [0.717, 1.165) is 112 Å². The monoisotopic (exact) mass is 2170 g/mol. The summed E-state index contributed by atoms with van der Waals surface area (Å²) in [7, 11) is -14.3. The fourth-order valence-electron chi connectivity index (χ4n) is 19.3. The number of hydrogen-bond donors (Lipinski definition) is 13. The zero-order chi connectivity index (χ0) is 107. The Bertz CT molecular complexity index is 6890. The Morgan fingerprint density at radius 1 is 0.687 bits per heavy atom. The number of unbranched alkanes of at least 4 members (excludes halogenated alkanes) is 1. The summed E-state index contributed by atoms with van der Waals surface area (Å²) in [5.41, 5.74) is 18.8. The maximum Gasteiger partial charge on any atom is 0.490 e. The van der Waals surface area contributed by atoms with Gasteiger partial charge in [-0.3, -0.25) is 52.5 Å². The molecule has 0 aliphatic carbocycles. The Morgan fingerprint density at radius 2 is 1.39 bits per heavy atom. The summed E-state index contributed by atoms with van der Waals surface area (Å²) >= 11 is 0. The highest BCUT2D eigenvalue weighted by Crippen LogP contribution is 2.66. The molecule has 0 saturated carbocycles. The van der Waals surface area contributed by atoms with Gasteiger partial charge in [0.1, 0.15) is 66.4 Å². The highest BCUT2D eigenvalue weighted by molar-refractivity contribution is 8.77. The number of benzene rings is 5. The fraction of sp³-hybridized carbons (Fsp3) is 0.465. The van der Waals surface area contributed by atoms with Gasteiger partial charge in [-0.05, 0) is 131 Å². The lowest BCUT2D eigenvalue weighted by Gasteiger charge is -2.39. The molecule has 5 amide bonds. The van der Waals surface area contributed by atoms with Crippen molar-refractivity contribution >= 4 is 150 Å². The number of phosphoric acid groups is 3. The predicted octanol–water partition coefficient (Wildman–Crippen LogP) is 7.05. The topological polar surface area (TPSA) is 654 Å². The lowest BCUT2D eigenvalue weighted by atomic mass is 9.81. The van der Waals surface area contributed by atoms with Gasteiger partial charge in [0.05, 0.1) is 111 Å².